The number of aromatic nitrogens is 2. The van der Waals surface area contributed by atoms with Crippen LogP contribution in [0.5, 0.6) is 0 Å². The average Bonchev–Trinajstić information content (AvgIpc) is 3.06. The number of nitrogens with zero attached hydrogens (tertiary/aromatic N) is 3. The lowest BCUT2D eigenvalue weighted by atomic mass is 9.99. The van der Waals surface area contributed by atoms with Gasteiger partial charge in [-0.25, -0.2) is 0 Å². The van der Waals surface area contributed by atoms with E-state index in [1.54, 1.807) is 0 Å². The molecule has 0 aromatic carbocycles. The quantitative estimate of drug-likeness (QED) is 0.863. The van der Waals surface area contributed by atoms with Crippen molar-refractivity contribution >= 4 is 17.3 Å². The van der Waals surface area contributed by atoms with E-state index in [1.165, 1.54) is 5.56 Å². The van der Waals surface area contributed by atoms with E-state index in [0.717, 1.165) is 10.8 Å². The van der Waals surface area contributed by atoms with Crippen molar-refractivity contribution in [2.24, 2.45) is 0 Å². The minimum atomic E-state index is 0.0733. The summed E-state index contributed by atoms with van der Waals surface area (Å²) < 4.78 is 2.24. The zero-order valence-electron chi connectivity index (χ0n) is 13.4. The molecule has 2 atom stereocenters. The molecule has 2 aromatic heterocycles. The first kappa shape index (κ1) is 15.0. The summed E-state index contributed by atoms with van der Waals surface area (Å²) in [6, 6.07) is 8.42. The van der Waals surface area contributed by atoms with E-state index in [9.17, 15) is 0 Å². The van der Waals surface area contributed by atoms with Crippen LogP contribution in [-0.2, 0) is 5.54 Å². The highest BCUT2D eigenvalue weighted by Gasteiger charge is 2.38. The second-order valence-corrected chi connectivity index (χ2v) is 7.15. The van der Waals surface area contributed by atoms with Crippen LogP contribution < -0.4 is 5.32 Å². The summed E-state index contributed by atoms with van der Waals surface area (Å²) in [6.45, 7) is 6.61. The lowest BCUT2D eigenvalue weighted by Gasteiger charge is -2.24. The topological polar surface area (TPSA) is 33.1 Å². The molecule has 5 heteroatoms. The highest BCUT2D eigenvalue weighted by atomic mass is 32.1. The molecule has 22 heavy (non-hydrogen) atoms. The summed E-state index contributed by atoms with van der Waals surface area (Å²) in [4.78, 5) is 6.63. The summed E-state index contributed by atoms with van der Waals surface area (Å²) in [5.41, 5.74) is 2.34. The molecule has 0 amide bonds. The Labute approximate surface area is 137 Å². The fraction of sp³-hybridized carbons (Fsp3) is 0.412. The molecule has 0 bridgehead atoms. The van der Waals surface area contributed by atoms with E-state index < -0.39 is 0 Å². The van der Waals surface area contributed by atoms with Gasteiger partial charge < -0.3 is 14.8 Å². The Morgan fingerprint density at radius 2 is 2.00 bits per heavy atom. The van der Waals surface area contributed by atoms with E-state index in [1.807, 2.05) is 31.4 Å². The number of pyridine rings is 1. The summed E-state index contributed by atoms with van der Waals surface area (Å²) in [7, 11) is 2.04. The van der Waals surface area contributed by atoms with Crippen LogP contribution in [0.25, 0.3) is 0 Å². The monoisotopic (exact) mass is 314 g/mol. The zero-order valence-corrected chi connectivity index (χ0v) is 14.3. The van der Waals surface area contributed by atoms with Gasteiger partial charge in [0.1, 0.15) is 0 Å². The molecule has 0 saturated carbocycles. The van der Waals surface area contributed by atoms with Crippen LogP contribution in [0.2, 0.25) is 0 Å². The number of nitrogens with one attached hydrogen (secondary N) is 1. The molecule has 0 aliphatic carbocycles. The molecule has 3 rings (SSSR count). The normalized spacial score (nSPS) is 22.0. The molecule has 1 saturated heterocycles. The maximum Gasteiger partial charge on any atom is 0.169 e. The molecule has 0 unspecified atom stereocenters. The van der Waals surface area contributed by atoms with Crippen LogP contribution in [0.15, 0.2) is 42.9 Å². The van der Waals surface area contributed by atoms with Crippen LogP contribution in [0.1, 0.15) is 44.1 Å². The average molecular weight is 314 g/mol. The first-order chi connectivity index (χ1) is 10.4. The molecule has 4 nitrogen and oxygen atoms in total. The van der Waals surface area contributed by atoms with Gasteiger partial charge in [0.25, 0.3) is 0 Å². The van der Waals surface area contributed by atoms with E-state index in [0.29, 0.717) is 0 Å². The molecule has 1 fully saturated rings. The Bertz CT molecular complexity index is 671. The SMILES string of the molecule is CN1C(=S)N[C@@H](c2ccccn2)[C@H]1c1ccn(C(C)(C)C)c1. The van der Waals surface area contributed by atoms with E-state index >= 15 is 0 Å². The van der Waals surface area contributed by atoms with E-state index in [-0.39, 0.29) is 17.6 Å². The highest BCUT2D eigenvalue weighted by molar-refractivity contribution is 7.80. The van der Waals surface area contributed by atoms with Crippen molar-refractivity contribution in [3.63, 3.8) is 0 Å². The number of likely N-dealkylation sites (N-methyl/N-ethyl adjacent to an activating group) is 1. The Hall–Kier alpha value is -1.88. The number of hydrogen-bond donors (Lipinski definition) is 1. The molecule has 0 radical (unpaired) electrons. The maximum absolute atomic E-state index is 5.46. The van der Waals surface area contributed by atoms with Crippen molar-refractivity contribution in [2.75, 3.05) is 7.05 Å². The molecular formula is C17H22N4S. The summed E-state index contributed by atoms with van der Waals surface area (Å²) in [5, 5.41) is 4.17. The fourth-order valence-electron chi connectivity index (χ4n) is 2.88. The summed E-state index contributed by atoms with van der Waals surface area (Å²) in [6.07, 6.45) is 6.18. The number of thiocarbonyl (C=S) groups is 1. The van der Waals surface area contributed by atoms with Gasteiger partial charge >= 0.3 is 0 Å². The third-order valence-corrected chi connectivity index (χ3v) is 4.58. The van der Waals surface area contributed by atoms with Gasteiger partial charge in [-0.3, -0.25) is 4.98 Å². The zero-order chi connectivity index (χ0) is 15.9. The third kappa shape index (κ3) is 2.61. The molecule has 1 aliphatic heterocycles. The van der Waals surface area contributed by atoms with Gasteiger partial charge in [-0.1, -0.05) is 6.07 Å². The second-order valence-electron chi connectivity index (χ2n) is 6.76. The smallest absolute Gasteiger partial charge is 0.169 e. The number of rotatable bonds is 2. The predicted octanol–water partition coefficient (Wildman–Crippen LogP) is 3.24. The molecule has 2 aromatic rings. The van der Waals surface area contributed by atoms with Crippen molar-refractivity contribution in [2.45, 2.75) is 38.4 Å². The standard InChI is InChI=1S/C17H22N4S/c1-17(2,3)21-10-8-12(11-21)15-14(19-16(22)20(15)4)13-7-5-6-9-18-13/h5-11,14-15H,1-4H3,(H,19,22)/t14-,15+/m0/s1. The summed E-state index contributed by atoms with van der Waals surface area (Å²) >= 11 is 5.46. The lowest BCUT2D eigenvalue weighted by Crippen LogP contribution is -2.25. The van der Waals surface area contributed by atoms with Gasteiger partial charge in [0, 0.05) is 31.2 Å². The van der Waals surface area contributed by atoms with E-state index in [4.69, 9.17) is 12.2 Å². The van der Waals surface area contributed by atoms with Gasteiger partial charge in [0.15, 0.2) is 5.11 Å². The minimum absolute atomic E-state index is 0.0733. The van der Waals surface area contributed by atoms with Crippen molar-refractivity contribution < 1.29 is 0 Å². The summed E-state index contributed by atoms with van der Waals surface area (Å²) in [5.74, 6) is 0. The number of hydrogen-bond acceptors (Lipinski definition) is 2. The van der Waals surface area contributed by atoms with Crippen LogP contribution in [0, 0.1) is 0 Å². The van der Waals surface area contributed by atoms with Gasteiger partial charge in [0.2, 0.25) is 0 Å². The maximum atomic E-state index is 5.46. The van der Waals surface area contributed by atoms with Crippen molar-refractivity contribution in [3.05, 3.63) is 54.1 Å². The Kier molecular flexibility index (Phi) is 3.68. The van der Waals surface area contributed by atoms with Crippen LogP contribution in [0.4, 0.5) is 0 Å². The molecule has 1 N–H and O–H groups in total. The van der Waals surface area contributed by atoms with Crippen LogP contribution in [-0.4, -0.2) is 26.6 Å². The molecule has 116 valence electrons. The van der Waals surface area contributed by atoms with Gasteiger partial charge in [-0.15, -0.1) is 0 Å². The first-order valence-electron chi connectivity index (χ1n) is 7.50. The largest absolute Gasteiger partial charge is 0.352 e. The molecule has 3 heterocycles. The van der Waals surface area contributed by atoms with Crippen molar-refractivity contribution in [1.82, 2.24) is 19.8 Å². The third-order valence-electron chi connectivity index (χ3n) is 4.17. The van der Waals surface area contributed by atoms with E-state index in [2.05, 4.69) is 59.0 Å². The fourth-order valence-corrected chi connectivity index (χ4v) is 3.12. The van der Waals surface area contributed by atoms with Crippen molar-refractivity contribution in [1.29, 1.82) is 0 Å². The molecule has 0 spiro atoms. The second kappa shape index (κ2) is 5.39. The minimum Gasteiger partial charge on any atom is -0.352 e. The predicted molar refractivity (Wildman–Crippen MR) is 92.6 cm³/mol. The lowest BCUT2D eigenvalue weighted by molar-refractivity contribution is 0.362. The van der Waals surface area contributed by atoms with Gasteiger partial charge in [-0.05, 0) is 56.8 Å². The molecule has 1 aliphatic rings. The van der Waals surface area contributed by atoms with Gasteiger partial charge in [-0.2, -0.15) is 0 Å². The highest BCUT2D eigenvalue weighted by Crippen LogP contribution is 2.37. The van der Waals surface area contributed by atoms with Crippen molar-refractivity contribution in [3.8, 4) is 0 Å². The van der Waals surface area contributed by atoms with Crippen LogP contribution in [0.3, 0.4) is 0 Å². The Balaban J connectivity index is 1.99. The van der Waals surface area contributed by atoms with Gasteiger partial charge in [0.05, 0.1) is 17.8 Å². The first-order valence-corrected chi connectivity index (χ1v) is 7.91. The molecular weight excluding hydrogens is 292 g/mol. The Morgan fingerprint density at radius 1 is 1.23 bits per heavy atom. The Morgan fingerprint density at radius 3 is 2.59 bits per heavy atom. The van der Waals surface area contributed by atoms with Crippen LogP contribution >= 0.6 is 12.2 Å².